The highest BCUT2D eigenvalue weighted by Gasteiger charge is 2.09. The van der Waals surface area contributed by atoms with Crippen molar-refractivity contribution in [2.24, 2.45) is 0 Å². The number of halogens is 1. The maximum atomic E-state index is 13.6. The summed E-state index contributed by atoms with van der Waals surface area (Å²) in [7, 11) is 0. The molecule has 0 atom stereocenters. The number of para-hydroxylation sites is 1. The van der Waals surface area contributed by atoms with Crippen LogP contribution in [-0.2, 0) is 4.79 Å². The minimum atomic E-state index is -0.429. The highest BCUT2D eigenvalue weighted by atomic mass is 19.1. The van der Waals surface area contributed by atoms with Crippen LogP contribution in [0.4, 0.5) is 27.4 Å². The Bertz CT molecular complexity index is 976. The zero-order chi connectivity index (χ0) is 19.2. The van der Waals surface area contributed by atoms with Crippen LogP contribution < -0.4 is 16.0 Å². The molecule has 1 aromatic heterocycles. The monoisotopic (exact) mass is 365 g/mol. The van der Waals surface area contributed by atoms with Gasteiger partial charge in [0.05, 0.1) is 11.3 Å². The molecule has 8 heteroatoms. The van der Waals surface area contributed by atoms with Gasteiger partial charge in [-0.2, -0.15) is 0 Å². The molecule has 0 saturated carbocycles. The summed E-state index contributed by atoms with van der Waals surface area (Å²) < 4.78 is 13.6. The zero-order valence-corrected chi connectivity index (χ0v) is 14.4. The summed E-state index contributed by atoms with van der Waals surface area (Å²) in [6, 6.07) is 12.9. The van der Waals surface area contributed by atoms with E-state index in [9.17, 15) is 14.0 Å². The predicted octanol–water partition coefficient (Wildman–Crippen LogP) is 3.57. The molecule has 2 amide bonds. The van der Waals surface area contributed by atoms with Crippen LogP contribution in [0.2, 0.25) is 0 Å². The molecular weight excluding hydrogens is 349 g/mol. The van der Waals surface area contributed by atoms with Crippen LogP contribution in [0.1, 0.15) is 17.3 Å². The van der Waals surface area contributed by atoms with Gasteiger partial charge in [-0.25, -0.2) is 14.4 Å². The summed E-state index contributed by atoms with van der Waals surface area (Å²) in [4.78, 5) is 31.5. The first-order chi connectivity index (χ1) is 13.0. The molecule has 3 rings (SSSR count). The molecule has 0 aliphatic heterocycles. The van der Waals surface area contributed by atoms with E-state index in [1.165, 1.54) is 25.4 Å². The van der Waals surface area contributed by atoms with E-state index >= 15 is 0 Å². The quantitative estimate of drug-likeness (QED) is 0.642. The van der Waals surface area contributed by atoms with Crippen molar-refractivity contribution >= 4 is 34.8 Å². The third-order valence-corrected chi connectivity index (χ3v) is 3.48. The lowest BCUT2D eigenvalue weighted by Crippen LogP contribution is -2.13. The van der Waals surface area contributed by atoms with Crippen molar-refractivity contribution in [3.05, 3.63) is 72.3 Å². The van der Waals surface area contributed by atoms with E-state index in [1.807, 2.05) is 0 Å². The Kier molecular flexibility index (Phi) is 5.36. The number of aromatic nitrogens is 2. The number of hydrogen-bond donors (Lipinski definition) is 3. The minimum Gasteiger partial charge on any atom is -0.326 e. The van der Waals surface area contributed by atoms with Gasteiger partial charge in [0.25, 0.3) is 5.91 Å². The van der Waals surface area contributed by atoms with E-state index < -0.39 is 11.7 Å². The summed E-state index contributed by atoms with van der Waals surface area (Å²) in [5.41, 5.74) is 1.56. The lowest BCUT2D eigenvalue weighted by molar-refractivity contribution is -0.114. The Balaban J connectivity index is 1.67. The highest BCUT2D eigenvalue weighted by Crippen LogP contribution is 2.18. The van der Waals surface area contributed by atoms with Crippen molar-refractivity contribution in [1.82, 2.24) is 9.97 Å². The van der Waals surface area contributed by atoms with Gasteiger partial charge in [0.2, 0.25) is 11.9 Å². The average Bonchev–Trinajstić information content (AvgIpc) is 2.64. The number of hydrogen-bond acceptors (Lipinski definition) is 5. The SMILES string of the molecule is CC(=O)Nc1cccc(NC(=O)c2cnc(Nc3ccccc3F)nc2)c1. The molecule has 3 aromatic rings. The van der Waals surface area contributed by atoms with Gasteiger partial charge in [-0.1, -0.05) is 18.2 Å². The second kappa shape index (κ2) is 8.05. The summed E-state index contributed by atoms with van der Waals surface area (Å²) >= 11 is 0. The van der Waals surface area contributed by atoms with Gasteiger partial charge in [-0.15, -0.1) is 0 Å². The lowest BCUT2D eigenvalue weighted by atomic mass is 10.2. The van der Waals surface area contributed by atoms with E-state index in [2.05, 4.69) is 25.9 Å². The summed E-state index contributed by atoms with van der Waals surface area (Å²) in [6.45, 7) is 1.40. The number of carbonyl (C=O) groups excluding carboxylic acids is 2. The maximum absolute atomic E-state index is 13.6. The van der Waals surface area contributed by atoms with Crippen LogP contribution in [0.25, 0.3) is 0 Å². The van der Waals surface area contributed by atoms with Crippen LogP contribution in [0.5, 0.6) is 0 Å². The van der Waals surface area contributed by atoms with Crippen molar-refractivity contribution in [1.29, 1.82) is 0 Å². The summed E-state index contributed by atoms with van der Waals surface area (Å²) in [5.74, 6) is -0.872. The Hall–Kier alpha value is -3.81. The van der Waals surface area contributed by atoms with E-state index in [4.69, 9.17) is 0 Å². The Morgan fingerprint density at radius 1 is 0.926 bits per heavy atom. The van der Waals surface area contributed by atoms with Crippen LogP contribution in [0.15, 0.2) is 60.9 Å². The molecule has 136 valence electrons. The molecule has 0 spiro atoms. The van der Waals surface area contributed by atoms with E-state index in [0.29, 0.717) is 11.4 Å². The first kappa shape index (κ1) is 18.0. The second-order valence-electron chi connectivity index (χ2n) is 5.62. The first-order valence-corrected chi connectivity index (χ1v) is 8.04. The summed E-state index contributed by atoms with van der Waals surface area (Å²) in [6.07, 6.45) is 2.67. The largest absolute Gasteiger partial charge is 0.326 e. The number of carbonyl (C=O) groups is 2. The standard InChI is InChI=1S/C19H16FN5O2/c1-12(26)23-14-5-4-6-15(9-14)24-18(27)13-10-21-19(22-11-13)25-17-8-3-2-7-16(17)20/h2-11H,1H3,(H,23,26)(H,24,27)(H,21,22,25). The second-order valence-corrected chi connectivity index (χ2v) is 5.62. The fraction of sp³-hybridized carbons (Fsp3) is 0.0526. The zero-order valence-electron chi connectivity index (χ0n) is 14.4. The molecule has 27 heavy (non-hydrogen) atoms. The molecule has 7 nitrogen and oxygen atoms in total. The van der Waals surface area contributed by atoms with Gasteiger partial charge >= 0.3 is 0 Å². The Morgan fingerprint density at radius 2 is 1.59 bits per heavy atom. The lowest BCUT2D eigenvalue weighted by Gasteiger charge is -2.08. The van der Waals surface area contributed by atoms with Gasteiger partial charge in [-0.05, 0) is 30.3 Å². The highest BCUT2D eigenvalue weighted by molar-refractivity contribution is 6.04. The molecule has 0 radical (unpaired) electrons. The van der Waals surface area contributed by atoms with Gasteiger partial charge < -0.3 is 16.0 Å². The van der Waals surface area contributed by atoms with Crippen LogP contribution in [-0.4, -0.2) is 21.8 Å². The average molecular weight is 365 g/mol. The molecule has 0 aliphatic rings. The maximum Gasteiger partial charge on any atom is 0.258 e. The van der Waals surface area contributed by atoms with Gasteiger partial charge in [0.15, 0.2) is 0 Å². The molecule has 1 heterocycles. The van der Waals surface area contributed by atoms with Gasteiger partial charge in [0, 0.05) is 30.7 Å². The molecule has 0 bridgehead atoms. The van der Waals surface area contributed by atoms with Crippen molar-refractivity contribution in [2.75, 3.05) is 16.0 Å². The summed E-state index contributed by atoms with van der Waals surface area (Å²) in [5, 5.41) is 8.08. The number of benzene rings is 2. The van der Waals surface area contributed by atoms with E-state index in [-0.39, 0.29) is 23.1 Å². The predicted molar refractivity (Wildman–Crippen MR) is 100 cm³/mol. The van der Waals surface area contributed by atoms with Crippen molar-refractivity contribution < 1.29 is 14.0 Å². The van der Waals surface area contributed by atoms with Gasteiger partial charge in [-0.3, -0.25) is 9.59 Å². The third kappa shape index (κ3) is 4.85. The molecule has 0 unspecified atom stereocenters. The smallest absolute Gasteiger partial charge is 0.258 e. The Labute approximate surface area is 154 Å². The fourth-order valence-corrected chi connectivity index (χ4v) is 2.27. The molecule has 2 aromatic carbocycles. The number of amides is 2. The van der Waals surface area contributed by atoms with E-state index in [1.54, 1.807) is 42.5 Å². The number of anilines is 4. The fourth-order valence-electron chi connectivity index (χ4n) is 2.27. The molecule has 0 saturated heterocycles. The molecule has 0 fully saturated rings. The molecule has 3 N–H and O–H groups in total. The molecule has 0 aliphatic carbocycles. The van der Waals surface area contributed by atoms with Gasteiger partial charge in [0.1, 0.15) is 5.82 Å². The number of rotatable bonds is 5. The van der Waals surface area contributed by atoms with Crippen molar-refractivity contribution in [3.8, 4) is 0 Å². The van der Waals surface area contributed by atoms with Crippen molar-refractivity contribution in [2.45, 2.75) is 6.92 Å². The van der Waals surface area contributed by atoms with Crippen LogP contribution in [0, 0.1) is 5.82 Å². The normalized spacial score (nSPS) is 10.1. The van der Waals surface area contributed by atoms with E-state index in [0.717, 1.165) is 0 Å². The number of nitrogens with one attached hydrogen (secondary N) is 3. The minimum absolute atomic E-state index is 0.171. The topological polar surface area (TPSA) is 96.0 Å². The van der Waals surface area contributed by atoms with Crippen LogP contribution >= 0.6 is 0 Å². The molecular formula is C19H16FN5O2. The first-order valence-electron chi connectivity index (χ1n) is 8.04. The van der Waals surface area contributed by atoms with Crippen LogP contribution in [0.3, 0.4) is 0 Å². The third-order valence-electron chi connectivity index (χ3n) is 3.48. The van der Waals surface area contributed by atoms with Crippen molar-refractivity contribution in [3.63, 3.8) is 0 Å². The number of nitrogens with zero attached hydrogens (tertiary/aromatic N) is 2. The Morgan fingerprint density at radius 3 is 2.26 bits per heavy atom.